The fraction of sp³-hybridized carbons (Fsp3) is 0.312. The normalized spacial score (nSPS) is 11.7. The predicted octanol–water partition coefficient (Wildman–Crippen LogP) is 2.36. The van der Waals surface area contributed by atoms with Crippen molar-refractivity contribution in [1.29, 1.82) is 5.26 Å². The quantitative estimate of drug-likeness (QED) is 0.920. The second kappa shape index (κ2) is 7.05. The molecule has 0 aliphatic heterocycles. The van der Waals surface area contributed by atoms with Crippen LogP contribution in [0.15, 0.2) is 34.4 Å². The Morgan fingerprint density at radius 2 is 2.09 bits per heavy atom. The highest BCUT2D eigenvalue weighted by Gasteiger charge is 2.11. The molecule has 1 amide bonds. The molecule has 22 heavy (non-hydrogen) atoms. The zero-order chi connectivity index (χ0) is 16.1. The highest BCUT2D eigenvalue weighted by atomic mass is 32.1. The number of nitriles is 1. The summed E-state index contributed by atoms with van der Waals surface area (Å²) in [6, 6.07) is 9.04. The number of hydrogen-bond donors (Lipinski definition) is 1. The van der Waals surface area contributed by atoms with E-state index >= 15 is 0 Å². The first-order chi connectivity index (χ1) is 10.5. The summed E-state index contributed by atoms with van der Waals surface area (Å²) in [4.78, 5) is 23.5. The van der Waals surface area contributed by atoms with Gasteiger partial charge in [-0.15, -0.1) is 0 Å². The molecule has 1 N–H and O–H groups in total. The summed E-state index contributed by atoms with van der Waals surface area (Å²) in [6.45, 7) is 4.14. The Morgan fingerprint density at radius 3 is 2.64 bits per heavy atom. The number of amides is 1. The van der Waals surface area contributed by atoms with E-state index in [9.17, 15) is 9.59 Å². The second-order valence-electron chi connectivity index (χ2n) is 5.07. The summed E-state index contributed by atoms with van der Waals surface area (Å²) in [5, 5.41) is 13.5. The van der Waals surface area contributed by atoms with Crippen molar-refractivity contribution in [2.45, 2.75) is 32.9 Å². The van der Waals surface area contributed by atoms with Gasteiger partial charge >= 0.3 is 4.87 Å². The van der Waals surface area contributed by atoms with E-state index in [1.165, 1.54) is 0 Å². The zero-order valence-corrected chi connectivity index (χ0v) is 13.3. The fourth-order valence-electron chi connectivity index (χ4n) is 2.13. The number of hydrogen-bond acceptors (Lipinski definition) is 4. The monoisotopic (exact) mass is 315 g/mol. The van der Waals surface area contributed by atoms with Gasteiger partial charge in [-0.25, -0.2) is 0 Å². The van der Waals surface area contributed by atoms with Crippen molar-refractivity contribution in [2.24, 2.45) is 0 Å². The number of aromatic nitrogens is 1. The molecule has 1 atom stereocenters. The summed E-state index contributed by atoms with van der Waals surface area (Å²) in [5.41, 5.74) is 2.41. The topological polar surface area (TPSA) is 74.9 Å². The summed E-state index contributed by atoms with van der Waals surface area (Å²) in [5.74, 6) is -0.102. The number of thiazole rings is 1. The molecule has 1 aromatic carbocycles. The van der Waals surface area contributed by atoms with E-state index in [-0.39, 0.29) is 23.2 Å². The molecule has 0 saturated heterocycles. The van der Waals surface area contributed by atoms with Gasteiger partial charge in [-0.3, -0.25) is 9.59 Å². The lowest BCUT2D eigenvalue weighted by Gasteiger charge is -2.14. The Labute approximate surface area is 132 Å². The molecule has 0 fully saturated rings. The van der Waals surface area contributed by atoms with E-state index in [0.29, 0.717) is 12.1 Å². The molecule has 0 spiro atoms. The van der Waals surface area contributed by atoms with Crippen molar-refractivity contribution in [1.82, 2.24) is 9.88 Å². The highest BCUT2D eigenvalue weighted by Crippen LogP contribution is 2.13. The Bertz CT molecular complexity index is 753. The van der Waals surface area contributed by atoms with Gasteiger partial charge in [0.25, 0.3) is 0 Å². The molecule has 0 saturated carbocycles. The van der Waals surface area contributed by atoms with Crippen LogP contribution >= 0.6 is 11.3 Å². The molecule has 5 nitrogen and oxygen atoms in total. The summed E-state index contributed by atoms with van der Waals surface area (Å²) >= 11 is 1.15. The largest absolute Gasteiger partial charge is 0.350 e. The minimum atomic E-state index is -0.138. The summed E-state index contributed by atoms with van der Waals surface area (Å²) in [7, 11) is 0. The Hall–Kier alpha value is -2.39. The first-order valence-electron chi connectivity index (χ1n) is 6.95. The van der Waals surface area contributed by atoms with E-state index < -0.39 is 0 Å². The van der Waals surface area contributed by atoms with Crippen LogP contribution in [-0.2, 0) is 11.3 Å². The third kappa shape index (κ3) is 3.83. The first-order valence-corrected chi connectivity index (χ1v) is 7.83. The molecule has 2 rings (SSSR count). The predicted molar refractivity (Wildman–Crippen MR) is 85.6 cm³/mol. The number of nitrogens with zero attached hydrogens (tertiary/aromatic N) is 2. The van der Waals surface area contributed by atoms with E-state index in [4.69, 9.17) is 5.26 Å². The number of carbonyl (C=O) groups excluding carboxylic acids is 1. The van der Waals surface area contributed by atoms with Crippen LogP contribution in [0.1, 0.15) is 36.2 Å². The number of aryl methyl sites for hydroxylation is 1. The molecule has 1 heterocycles. The molecular weight excluding hydrogens is 298 g/mol. The van der Waals surface area contributed by atoms with Crippen LogP contribution < -0.4 is 10.2 Å². The van der Waals surface area contributed by atoms with Crippen molar-refractivity contribution in [3.8, 4) is 6.07 Å². The molecule has 0 aliphatic carbocycles. The van der Waals surface area contributed by atoms with Crippen LogP contribution in [0.5, 0.6) is 0 Å². The molecule has 1 unspecified atom stereocenters. The third-order valence-electron chi connectivity index (χ3n) is 3.46. The van der Waals surface area contributed by atoms with Crippen LogP contribution in [0, 0.1) is 18.3 Å². The van der Waals surface area contributed by atoms with Gasteiger partial charge in [0.15, 0.2) is 0 Å². The lowest BCUT2D eigenvalue weighted by Crippen LogP contribution is -2.28. The Kier molecular flexibility index (Phi) is 5.12. The smallest absolute Gasteiger partial charge is 0.307 e. The van der Waals surface area contributed by atoms with Gasteiger partial charge < -0.3 is 9.88 Å². The van der Waals surface area contributed by atoms with Crippen LogP contribution in [0.2, 0.25) is 0 Å². The first kappa shape index (κ1) is 16.0. The standard InChI is InChI=1S/C16H17N3O2S/c1-11-10-22-16(21)19(11)8-7-15(20)18-12(2)14-5-3-13(9-17)4-6-14/h3-6,10,12H,7-8H2,1-2H3,(H,18,20). The second-order valence-corrected chi connectivity index (χ2v) is 5.89. The lowest BCUT2D eigenvalue weighted by atomic mass is 10.1. The van der Waals surface area contributed by atoms with Crippen LogP contribution in [0.25, 0.3) is 0 Å². The van der Waals surface area contributed by atoms with E-state index in [1.807, 2.05) is 26.0 Å². The van der Waals surface area contributed by atoms with Crippen molar-refractivity contribution in [2.75, 3.05) is 0 Å². The van der Waals surface area contributed by atoms with Gasteiger partial charge in [-0.05, 0) is 31.5 Å². The minimum absolute atomic E-state index is 0.0366. The average Bonchev–Trinajstić information content (AvgIpc) is 2.84. The van der Waals surface area contributed by atoms with Gasteiger partial charge in [-0.2, -0.15) is 5.26 Å². The summed E-state index contributed by atoms with van der Waals surface area (Å²) in [6.07, 6.45) is 0.262. The van der Waals surface area contributed by atoms with Crippen molar-refractivity contribution in [3.63, 3.8) is 0 Å². The molecule has 1 aromatic heterocycles. The number of benzene rings is 1. The maximum absolute atomic E-state index is 12.0. The third-order valence-corrected chi connectivity index (χ3v) is 4.34. The maximum Gasteiger partial charge on any atom is 0.307 e. The van der Waals surface area contributed by atoms with E-state index in [0.717, 1.165) is 22.6 Å². The number of nitrogens with one attached hydrogen (secondary N) is 1. The molecular formula is C16H17N3O2S. The van der Waals surface area contributed by atoms with Gasteiger partial charge in [0, 0.05) is 24.0 Å². The van der Waals surface area contributed by atoms with E-state index in [2.05, 4.69) is 11.4 Å². The Morgan fingerprint density at radius 1 is 1.41 bits per heavy atom. The molecule has 2 aromatic rings. The molecule has 0 bridgehead atoms. The van der Waals surface area contributed by atoms with Crippen LogP contribution in [-0.4, -0.2) is 10.5 Å². The molecule has 6 heteroatoms. The van der Waals surface area contributed by atoms with Gasteiger partial charge in [0.1, 0.15) is 0 Å². The molecule has 0 aliphatic rings. The lowest BCUT2D eigenvalue weighted by molar-refractivity contribution is -0.121. The number of rotatable bonds is 5. The van der Waals surface area contributed by atoms with Gasteiger partial charge in [0.2, 0.25) is 5.91 Å². The molecule has 0 radical (unpaired) electrons. The van der Waals surface area contributed by atoms with Crippen LogP contribution in [0.4, 0.5) is 0 Å². The van der Waals surface area contributed by atoms with Crippen LogP contribution in [0.3, 0.4) is 0 Å². The van der Waals surface area contributed by atoms with Gasteiger partial charge in [-0.1, -0.05) is 23.5 Å². The highest BCUT2D eigenvalue weighted by molar-refractivity contribution is 7.07. The molecule has 114 valence electrons. The number of carbonyl (C=O) groups is 1. The maximum atomic E-state index is 12.0. The minimum Gasteiger partial charge on any atom is -0.350 e. The van der Waals surface area contributed by atoms with Crippen molar-refractivity contribution in [3.05, 3.63) is 56.1 Å². The van der Waals surface area contributed by atoms with Gasteiger partial charge in [0.05, 0.1) is 17.7 Å². The summed E-state index contributed by atoms with van der Waals surface area (Å²) < 4.78 is 1.61. The Balaban J connectivity index is 1.91. The average molecular weight is 315 g/mol. The van der Waals surface area contributed by atoms with Crippen molar-refractivity contribution >= 4 is 17.2 Å². The van der Waals surface area contributed by atoms with Crippen molar-refractivity contribution < 1.29 is 4.79 Å². The zero-order valence-electron chi connectivity index (χ0n) is 12.5. The SMILES string of the molecule is Cc1csc(=O)n1CCC(=O)NC(C)c1ccc(C#N)cc1. The fourth-order valence-corrected chi connectivity index (χ4v) is 2.89. The van der Waals surface area contributed by atoms with E-state index in [1.54, 1.807) is 22.1 Å².